The number of ketones is 1. The Balaban J connectivity index is 1.65. The normalized spacial score (nSPS) is 20.3. The quantitative estimate of drug-likeness (QED) is 0.316. The minimum absolute atomic E-state index is 0.0677. The van der Waals surface area contributed by atoms with E-state index in [2.05, 4.69) is 5.16 Å². The van der Waals surface area contributed by atoms with Crippen LogP contribution in [0.25, 0.3) is 0 Å². The SMILES string of the molecule is O=C(C1=NO[C@H]2C(=O)N(c3cc(Cl)ccc3Cl)C(=O)[C@H]12)c1ccc([N+](=O)[O-])cc1. The summed E-state index contributed by atoms with van der Waals surface area (Å²) in [5.74, 6) is -3.37. The molecule has 146 valence electrons. The number of rotatable bonds is 4. The molecule has 0 aliphatic carbocycles. The molecule has 4 rings (SSSR count). The van der Waals surface area contributed by atoms with E-state index in [1.807, 2.05) is 0 Å². The van der Waals surface area contributed by atoms with Crippen molar-refractivity contribution < 1.29 is 24.1 Å². The molecule has 2 aromatic rings. The van der Waals surface area contributed by atoms with Crippen LogP contribution in [0.15, 0.2) is 47.6 Å². The molecule has 9 nitrogen and oxygen atoms in total. The predicted octanol–water partition coefficient (Wildman–Crippen LogP) is 3.03. The average Bonchev–Trinajstić information content (AvgIpc) is 3.24. The number of benzene rings is 2. The highest BCUT2D eigenvalue weighted by Crippen LogP contribution is 2.38. The van der Waals surface area contributed by atoms with Gasteiger partial charge in [0.25, 0.3) is 11.6 Å². The van der Waals surface area contributed by atoms with E-state index in [1.165, 1.54) is 30.3 Å². The maximum Gasteiger partial charge on any atom is 0.279 e. The first-order chi connectivity index (χ1) is 13.8. The third-order valence-electron chi connectivity index (χ3n) is 4.53. The number of carbonyl (C=O) groups is 3. The van der Waals surface area contributed by atoms with Gasteiger partial charge in [0.15, 0.2) is 0 Å². The molecule has 1 fully saturated rings. The van der Waals surface area contributed by atoms with Gasteiger partial charge in [-0.05, 0) is 30.3 Å². The van der Waals surface area contributed by atoms with Gasteiger partial charge in [-0.15, -0.1) is 0 Å². The first-order valence-corrected chi connectivity index (χ1v) is 8.91. The molecule has 29 heavy (non-hydrogen) atoms. The van der Waals surface area contributed by atoms with Gasteiger partial charge in [0.05, 0.1) is 15.6 Å². The van der Waals surface area contributed by atoms with Crippen LogP contribution in [0.3, 0.4) is 0 Å². The molecule has 1 saturated heterocycles. The van der Waals surface area contributed by atoms with Gasteiger partial charge in [0.1, 0.15) is 11.6 Å². The summed E-state index contributed by atoms with van der Waals surface area (Å²) in [6.07, 6.45) is -1.30. The van der Waals surface area contributed by atoms with Crippen molar-refractivity contribution in [1.82, 2.24) is 0 Å². The Labute approximate surface area is 172 Å². The number of anilines is 1. The van der Waals surface area contributed by atoms with Crippen LogP contribution in [0, 0.1) is 16.0 Å². The molecule has 11 heteroatoms. The molecule has 2 amide bonds. The number of nitro groups is 1. The zero-order chi connectivity index (χ0) is 20.9. The van der Waals surface area contributed by atoms with Crippen LogP contribution in [-0.4, -0.2) is 34.3 Å². The highest BCUT2D eigenvalue weighted by molar-refractivity contribution is 6.53. The van der Waals surface area contributed by atoms with Crippen molar-refractivity contribution >= 4 is 57.9 Å². The number of imide groups is 1. The van der Waals surface area contributed by atoms with Gasteiger partial charge in [-0.2, -0.15) is 0 Å². The maximum atomic E-state index is 13.0. The monoisotopic (exact) mass is 433 g/mol. The third kappa shape index (κ3) is 3.04. The number of fused-ring (bicyclic) bond motifs is 1. The highest BCUT2D eigenvalue weighted by atomic mass is 35.5. The largest absolute Gasteiger partial charge is 0.381 e. The standard InChI is InChI=1S/C18H9Cl2N3O6/c19-9-3-6-11(20)12(7-9)22-17(25)13-14(21-29-16(13)18(22)26)15(24)8-1-4-10(5-2-8)23(27)28/h1-7,13,16H/t13-,16-/m1/s1. The molecular formula is C18H9Cl2N3O6. The molecule has 0 radical (unpaired) electrons. The summed E-state index contributed by atoms with van der Waals surface area (Å²) in [4.78, 5) is 54.5. The fourth-order valence-corrected chi connectivity index (χ4v) is 3.51. The van der Waals surface area contributed by atoms with E-state index in [0.717, 1.165) is 17.0 Å². The fraction of sp³-hybridized carbons (Fsp3) is 0.111. The topological polar surface area (TPSA) is 119 Å². The van der Waals surface area contributed by atoms with Crippen molar-refractivity contribution in [3.05, 3.63) is 68.2 Å². The van der Waals surface area contributed by atoms with Crippen LogP contribution in [0.4, 0.5) is 11.4 Å². The van der Waals surface area contributed by atoms with Crippen LogP contribution in [0.1, 0.15) is 10.4 Å². The minimum Gasteiger partial charge on any atom is -0.381 e. The van der Waals surface area contributed by atoms with Gasteiger partial charge >= 0.3 is 0 Å². The summed E-state index contributed by atoms with van der Waals surface area (Å²) >= 11 is 12.0. The Kier molecular flexibility index (Phi) is 4.56. The number of halogens is 2. The molecule has 0 unspecified atom stereocenters. The van der Waals surface area contributed by atoms with E-state index in [-0.39, 0.29) is 32.7 Å². The molecule has 2 aromatic carbocycles. The molecule has 2 aliphatic rings. The van der Waals surface area contributed by atoms with Crippen molar-refractivity contribution in [3.8, 4) is 0 Å². The van der Waals surface area contributed by atoms with Crippen molar-refractivity contribution in [2.75, 3.05) is 4.90 Å². The summed E-state index contributed by atoms with van der Waals surface area (Å²) in [5.41, 5.74) is -0.312. The maximum absolute atomic E-state index is 13.0. The number of carbonyl (C=O) groups excluding carboxylic acids is 3. The Morgan fingerprint density at radius 2 is 1.79 bits per heavy atom. The van der Waals surface area contributed by atoms with Gasteiger partial charge in [-0.1, -0.05) is 28.4 Å². The second-order valence-electron chi connectivity index (χ2n) is 6.22. The summed E-state index contributed by atoms with van der Waals surface area (Å²) in [6, 6.07) is 9.08. The second kappa shape index (κ2) is 6.94. The van der Waals surface area contributed by atoms with Crippen molar-refractivity contribution in [1.29, 1.82) is 0 Å². The average molecular weight is 434 g/mol. The number of oxime groups is 1. The Morgan fingerprint density at radius 1 is 1.10 bits per heavy atom. The molecule has 0 spiro atoms. The lowest BCUT2D eigenvalue weighted by molar-refractivity contribution is -0.384. The number of nitrogens with zero attached hydrogens (tertiary/aromatic N) is 3. The molecule has 2 aliphatic heterocycles. The van der Waals surface area contributed by atoms with Crippen molar-refractivity contribution in [2.45, 2.75) is 6.10 Å². The second-order valence-corrected chi connectivity index (χ2v) is 7.06. The molecule has 0 aromatic heterocycles. The molecule has 0 N–H and O–H groups in total. The lowest BCUT2D eigenvalue weighted by Crippen LogP contribution is -2.34. The van der Waals surface area contributed by atoms with Crippen molar-refractivity contribution in [2.24, 2.45) is 11.1 Å². The summed E-state index contributed by atoms with van der Waals surface area (Å²) in [5, 5.41) is 14.8. The fourth-order valence-electron chi connectivity index (χ4n) is 3.14. The predicted molar refractivity (Wildman–Crippen MR) is 102 cm³/mol. The van der Waals surface area contributed by atoms with Gasteiger partial charge < -0.3 is 4.84 Å². The van der Waals surface area contributed by atoms with E-state index >= 15 is 0 Å². The van der Waals surface area contributed by atoms with E-state index < -0.39 is 34.5 Å². The Morgan fingerprint density at radius 3 is 2.45 bits per heavy atom. The number of amides is 2. The van der Waals surface area contributed by atoms with Crippen LogP contribution < -0.4 is 4.90 Å². The van der Waals surface area contributed by atoms with Crippen LogP contribution >= 0.6 is 23.2 Å². The number of non-ortho nitro benzene ring substituents is 1. The van der Waals surface area contributed by atoms with E-state index in [9.17, 15) is 24.5 Å². The first-order valence-electron chi connectivity index (χ1n) is 8.15. The van der Waals surface area contributed by atoms with Crippen molar-refractivity contribution in [3.63, 3.8) is 0 Å². The first kappa shape index (κ1) is 19.0. The molecule has 2 heterocycles. The lowest BCUT2D eigenvalue weighted by Gasteiger charge is -2.17. The third-order valence-corrected chi connectivity index (χ3v) is 5.09. The van der Waals surface area contributed by atoms with E-state index in [1.54, 1.807) is 0 Å². The van der Waals surface area contributed by atoms with Crippen LogP contribution in [0.5, 0.6) is 0 Å². The molecule has 2 atom stereocenters. The summed E-state index contributed by atoms with van der Waals surface area (Å²) in [6.45, 7) is 0. The number of Topliss-reactive ketones (excluding diaryl/α,β-unsaturated/α-hetero) is 1. The molecule has 0 bridgehead atoms. The molecule has 0 saturated carbocycles. The van der Waals surface area contributed by atoms with Gasteiger partial charge in [-0.3, -0.25) is 24.5 Å². The van der Waals surface area contributed by atoms with Gasteiger partial charge in [-0.25, -0.2) is 4.90 Å². The Hall–Kier alpha value is -3.30. The number of nitro benzene ring substituents is 1. The van der Waals surface area contributed by atoms with Gasteiger partial charge in [0.2, 0.25) is 17.8 Å². The smallest absolute Gasteiger partial charge is 0.279 e. The number of hydrogen-bond donors (Lipinski definition) is 0. The van der Waals surface area contributed by atoms with E-state index in [0.29, 0.717) is 0 Å². The highest BCUT2D eigenvalue weighted by Gasteiger charge is 2.57. The number of hydrogen-bond acceptors (Lipinski definition) is 7. The summed E-state index contributed by atoms with van der Waals surface area (Å²) in [7, 11) is 0. The van der Waals surface area contributed by atoms with Crippen LogP contribution in [0.2, 0.25) is 10.0 Å². The van der Waals surface area contributed by atoms with Crippen LogP contribution in [-0.2, 0) is 14.4 Å². The zero-order valence-corrected chi connectivity index (χ0v) is 15.8. The minimum atomic E-state index is -1.30. The van der Waals surface area contributed by atoms with Gasteiger partial charge in [0, 0.05) is 22.7 Å². The zero-order valence-electron chi connectivity index (χ0n) is 14.2. The molecular weight excluding hydrogens is 425 g/mol. The Bertz CT molecular complexity index is 1120. The summed E-state index contributed by atoms with van der Waals surface area (Å²) < 4.78 is 0. The van der Waals surface area contributed by atoms with E-state index in [4.69, 9.17) is 28.0 Å². The lowest BCUT2D eigenvalue weighted by atomic mass is 9.93.